The number of ether oxygens (including phenoxy) is 1. The number of para-hydroxylation sites is 1. The van der Waals surface area contributed by atoms with E-state index in [0.29, 0.717) is 19.5 Å². The molecule has 1 aromatic heterocycles. The molecule has 0 radical (unpaired) electrons. The van der Waals surface area contributed by atoms with Gasteiger partial charge in [-0.15, -0.1) is 0 Å². The van der Waals surface area contributed by atoms with Crippen LogP contribution in [0.5, 0.6) is 5.75 Å². The third kappa shape index (κ3) is 4.13. The molecule has 33 heavy (non-hydrogen) atoms. The third-order valence-corrected chi connectivity index (χ3v) is 6.76. The zero-order valence-corrected chi connectivity index (χ0v) is 19.2. The summed E-state index contributed by atoms with van der Waals surface area (Å²) < 4.78 is 51.8. The Bertz CT molecular complexity index is 1140. The van der Waals surface area contributed by atoms with Gasteiger partial charge in [0, 0.05) is 60.0 Å². The van der Waals surface area contributed by atoms with Crippen molar-refractivity contribution in [3.8, 4) is 5.75 Å². The fourth-order valence-electron chi connectivity index (χ4n) is 5.18. The van der Waals surface area contributed by atoms with Crippen LogP contribution < -0.4 is 10.1 Å². The van der Waals surface area contributed by atoms with E-state index in [1.54, 1.807) is 0 Å². The predicted octanol–water partition coefficient (Wildman–Crippen LogP) is 5.27. The van der Waals surface area contributed by atoms with Gasteiger partial charge in [-0.25, -0.2) is 13.2 Å². The van der Waals surface area contributed by atoms with Gasteiger partial charge in [0.15, 0.2) is 0 Å². The smallest absolute Gasteiger partial charge is 0.135 e. The maximum atomic E-state index is 15.6. The number of H-pyrrole nitrogens is 1. The number of alkyl halides is 1. The molecule has 2 aliphatic rings. The molecule has 3 aromatic rings. The van der Waals surface area contributed by atoms with E-state index in [-0.39, 0.29) is 30.0 Å². The Labute approximate surface area is 192 Å². The summed E-state index contributed by atoms with van der Waals surface area (Å²) >= 11 is 0. The number of benzene rings is 2. The minimum absolute atomic E-state index is 0.0486. The molecular formula is C26H30F3N3O. The van der Waals surface area contributed by atoms with Crippen molar-refractivity contribution in [2.45, 2.75) is 57.5 Å². The number of nitrogens with one attached hydrogen (secondary N) is 2. The lowest BCUT2D eigenvalue weighted by molar-refractivity contribution is 0.0560. The quantitative estimate of drug-likeness (QED) is 0.530. The zero-order chi connectivity index (χ0) is 23.3. The third-order valence-electron chi connectivity index (χ3n) is 6.76. The van der Waals surface area contributed by atoms with E-state index in [9.17, 15) is 4.39 Å². The van der Waals surface area contributed by atoms with Gasteiger partial charge >= 0.3 is 0 Å². The summed E-state index contributed by atoms with van der Waals surface area (Å²) in [5, 5.41) is 4.13. The summed E-state index contributed by atoms with van der Waals surface area (Å²) in [4.78, 5) is 5.33. The molecule has 2 aromatic carbocycles. The van der Waals surface area contributed by atoms with Gasteiger partial charge < -0.3 is 15.0 Å². The Balaban J connectivity index is 1.66. The van der Waals surface area contributed by atoms with Crippen LogP contribution in [0.3, 0.4) is 0 Å². The first-order valence-electron chi connectivity index (χ1n) is 11.7. The van der Waals surface area contributed by atoms with Crippen LogP contribution in [-0.2, 0) is 6.42 Å². The minimum Gasteiger partial charge on any atom is -0.488 e. The molecule has 2 atom stereocenters. The number of fused-ring (bicyclic) bond motifs is 3. The molecule has 1 fully saturated rings. The van der Waals surface area contributed by atoms with Crippen molar-refractivity contribution in [2.75, 3.05) is 19.6 Å². The van der Waals surface area contributed by atoms with E-state index in [0.717, 1.165) is 28.6 Å². The maximum Gasteiger partial charge on any atom is 0.135 e. The molecule has 4 nitrogen and oxygen atoms in total. The number of halogens is 3. The largest absolute Gasteiger partial charge is 0.488 e. The summed E-state index contributed by atoms with van der Waals surface area (Å²) in [7, 11) is 0. The van der Waals surface area contributed by atoms with Crippen molar-refractivity contribution >= 4 is 10.9 Å². The summed E-state index contributed by atoms with van der Waals surface area (Å²) in [5.74, 6) is -1.17. The van der Waals surface area contributed by atoms with Crippen LogP contribution in [0.4, 0.5) is 13.2 Å². The molecule has 176 valence electrons. The number of aromatic nitrogens is 1. The van der Waals surface area contributed by atoms with Gasteiger partial charge in [0.25, 0.3) is 0 Å². The van der Waals surface area contributed by atoms with Crippen molar-refractivity contribution in [3.63, 3.8) is 0 Å². The molecule has 1 saturated heterocycles. The van der Waals surface area contributed by atoms with Crippen molar-refractivity contribution in [2.24, 2.45) is 0 Å². The predicted molar refractivity (Wildman–Crippen MR) is 123 cm³/mol. The lowest BCUT2D eigenvalue weighted by Gasteiger charge is -2.44. The molecule has 2 aliphatic heterocycles. The summed E-state index contributed by atoms with van der Waals surface area (Å²) in [6.07, 6.45) is 1.35. The molecule has 7 heteroatoms. The van der Waals surface area contributed by atoms with Crippen LogP contribution in [0.1, 0.15) is 50.1 Å². The van der Waals surface area contributed by atoms with Gasteiger partial charge in [0.1, 0.15) is 29.2 Å². The lowest BCUT2D eigenvalue weighted by atomic mass is 9.85. The highest BCUT2D eigenvalue weighted by Gasteiger charge is 2.42. The maximum absolute atomic E-state index is 15.6. The second kappa shape index (κ2) is 8.37. The Morgan fingerprint density at radius 3 is 2.42 bits per heavy atom. The molecule has 0 spiro atoms. The van der Waals surface area contributed by atoms with Crippen LogP contribution in [0.25, 0.3) is 10.9 Å². The van der Waals surface area contributed by atoms with Crippen LogP contribution in [0, 0.1) is 11.6 Å². The van der Waals surface area contributed by atoms with Crippen molar-refractivity contribution in [1.29, 1.82) is 0 Å². The van der Waals surface area contributed by atoms with Gasteiger partial charge in [0.2, 0.25) is 0 Å². The van der Waals surface area contributed by atoms with Crippen molar-refractivity contribution in [1.82, 2.24) is 15.2 Å². The first-order chi connectivity index (χ1) is 15.7. The second-order valence-corrected chi connectivity index (χ2v) is 9.82. The molecule has 0 bridgehead atoms. The van der Waals surface area contributed by atoms with E-state index < -0.39 is 23.3 Å². The number of aromatic amines is 1. The first-order valence-corrected chi connectivity index (χ1v) is 11.7. The van der Waals surface area contributed by atoms with Crippen LogP contribution in [-0.4, -0.2) is 47.3 Å². The molecule has 3 heterocycles. The lowest BCUT2D eigenvalue weighted by Crippen LogP contribution is -2.50. The molecule has 5 rings (SSSR count). The topological polar surface area (TPSA) is 40.3 Å². The summed E-state index contributed by atoms with van der Waals surface area (Å²) in [6, 6.07) is 9.59. The first kappa shape index (κ1) is 22.3. The molecule has 0 saturated carbocycles. The normalized spacial score (nSPS) is 21.8. The number of hydrogen-bond acceptors (Lipinski definition) is 3. The summed E-state index contributed by atoms with van der Waals surface area (Å²) in [5.41, 5.74) is 1.11. The zero-order valence-electron chi connectivity index (χ0n) is 19.2. The van der Waals surface area contributed by atoms with Gasteiger partial charge in [0.05, 0.1) is 6.04 Å². The molecule has 0 unspecified atom stereocenters. The standard InChI is InChI=1S/C26H30F3N3O/c1-4-15-9-19-18-7-5-6-8-22(18)31-24(19)25(32(15)14-26(2,3)29)23-20(27)10-16(11-21(23)28)33-17-12-30-13-17/h5-8,10-11,15,17,25,30-31H,4,9,12-14H2,1-3H3/t15-,25-/m1/s1. The highest BCUT2D eigenvalue weighted by atomic mass is 19.1. The van der Waals surface area contributed by atoms with E-state index in [2.05, 4.69) is 10.3 Å². The Kier molecular flexibility index (Phi) is 5.65. The van der Waals surface area contributed by atoms with E-state index in [1.165, 1.54) is 26.0 Å². The molecule has 0 aliphatic carbocycles. The Morgan fingerprint density at radius 1 is 1.12 bits per heavy atom. The van der Waals surface area contributed by atoms with Gasteiger partial charge in [-0.3, -0.25) is 4.90 Å². The van der Waals surface area contributed by atoms with Gasteiger partial charge in [-0.05, 0) is 38.3 Å². The van der Waals surface area contributed by atoms with Crippen molar-refractivity contribution in [3.05, 3.63) is 64.9 Å². The fourth-order valence-corrected chi connectivity index (χ4v) is 5.18. The van der Waals surface area contributed by atoms with Crippen LogP contribution in [0.2, 0.25) is 0 Å². The molecule has 0 amide bonds. The monoisotopic (exact) mass is 457 g/mol. The Hall–Kier alpha value is -2.51. The number of hydrogen-bond donors (Lipinski definition) is 2. The van der Waals surface area contributed by atoms with Crippen molar-refractivity contribution < 1.29 is 17.9 Å². The van der Waals surface area contributed by atoms with Crippen LogP contribution >= 0.6 is 0 Å². The average Bonchev–Trinajstić information content (AvgIpc) is 3.08. The van der Waals surface area contributed by atoms with E-state index in [1.807, 2.05) is 36.1 Å². The second-order valence-electron chi connectivity index (χ2n) is 9.82. The minimum atomic E-state index is -1.53. The van der Waals surface area contributed by atoms with E-state index in [4.69, 9.17) is 4.74 Å². The highest BCUT2D eigenvalue weighted by Crippen LogP contribution is 2.44. The average molecular weight is 458 g/mol. The fraction of sp³-hybridized carbons (Fsp3) is 0.462. The van der Waals surface area contributed by atoms with Crippen LogP contribution in [0.15, 0.2) is 36.4 Å². The SMILES string of the molecule is CC[C@@H]1Cc2c([nH]c3ccccc23)[C@@H](c2c(F)cc(OC3CNC3)cc2F)N1CC(C)(C)F. The van der Waals surface area contributed by atoms with Gasteiger partial charge in [-0.2, -0.15) is 0 Å². The number of nitrogens with zero attached hydrogens (tertiary/aromatic N) is 1. The highest BCUT2D eigenvalue weighted by molar-refractivity contribution is 5.85. The van der Waals surface area contributed by atoms with Gasteiger partial charge in [-0.1, -0.05) is 25.1 Å². The Morgan fingerprint density at radius 2 is 1.82 bits per heavy atom. The molecular weight excluding hydrogens is 427 g/mol. The summed E-state index contributed by atoms with van der Waals surface area (Å²) in [6.45, 7) is 6.43. The number of rotatable bonds is 6. The molecule has 2 N–H and O–H groups in total. The van der Waals surface area contributed by atoms with E-state index >= 15 is 8.78 Å².